The molecule has 1 aromatic carbocycles. The first-order valence-corrected chi connectivity index (χ1v) is 8.13. The highest BCUT2D eigenvalue weighted by atomic mass is 16.3. The highest BCUT2D eigenvalue weighted by Crippen LogP contribution is 2.26. The summed E-state index contributed by atoms with van der Waals surface area (Å²) in [6.45, 7) is 6.25. The second kappa shape index (κ2) is 6.44. The van der Waals surface area contributed by atoms with Gasteiger partial charge in [0, 0.05) is 32.2 Å². The fourth-order valence-corrected chi connectivity index (χ4v) is 3.36. The van der Waals surface area contributed by atoms with Crippen LogP contribution in [-0.2, 0) is 12.8 Å². The van der Waals surface area contributed by atoms with Crippen molar-refractivity contribution >= 4 is 0 Å². The number of piperazine rings is 1. The number of nitrogens with one attached hydrogen (secondary N) is 1. The fraction of sp³-hybridized carbons (Fsp3) is 0.647. The van der Waals surface area contributed by atoms with E-state index < -0.39 is 6.10 Å². The molecule has 116 valence electrons. The number of nitrogens with zero attached hydrogens (tertiary/aromatic N) is 2. The summed E-state index contributed by atoms with van der Waals surface area (Å²) in [7, 11) is 2.15. The molecule has 0 amide bonds. The second-order valence-corrected chi connectivity index (χ2v) is 6.53. The molecule has 4 heteroatoms. The van der Waals surface area contributed by atoms with Gasteiger partial charge in [-0.05, 0) is 49.9 Å². The van der Waals surface area contributed by atoms with Crippen molar-refractivity contribution in [1.82, 2.24) is 15.3 Å². The van der Waals surface area contributed by atoms with Gasteiger partial charge in [0.2, 0.25) is 0 Å². The molecule has 1 saturated heterocycles. The molecule has 2 N–H and O–H groups in total. The minimum atomic E-state index is -0.449. The Balaban J connectivity index is 1.60. The molecule has 21 heavy (non-hydrogen) atoms. The fourth-order valence-electron chi connectivity index (χ4n) is 3.36. The molecule has 0 bridgehead atoms. The Bertz CT molecular complexity index is 483. The third kappa shape index (κ3) is 3.46. The first kappa shape index (κ1) is 15.0. The van der Waals surface area contributed by atoms with Crippen molar-refractivity contribution in [3.8, 4) is 0 Å². The molecule has 2 aliphatic rings. The van der Waals surface area contributed by atoms with E-state index in [4.69, 9.17) is 0 Å². The van der Waals surface area contributed by atoms with Crippen molar-refractivity contribution in [2.75, 3.05) is 33.2 Å². The summed E-state index contributed by atoms with van der Waals surface area (Å²) in [5.41, 5.74) is 7.40. The molecule has 0 saturated carbocycles. The SMILES string of the molecule is CC(NN1CCN(C)CC1)C(O)c1ccc2c(c1)CCC2. The molecule has 1 fully saturated rings. The van der Waals surface area contributed by atoms with Gasteiger partial charge in [-0.2, -0.15) is 0 Å². The molecular formula is C17H27N3O. The van der Waals surface area contributed by atoms with Gasteiger partial charge in [-0.25, -0.2) is 10.4 Å². The quantitative estimate of drug-likeness (QED) is 0.877. The Morgan fingerprint density at radius 3 is 2.57 bits per heavy atom. The Labute approximate surface area is 127 Å². The number of aliphatic hydroxyl groups is 1. The Hall–Kier alpha value is -0.940. The van der Waals surface area contributed by atoms with Crippen molar-refractivity contribution in [3.63, 3.8) is 0 Å². The number of aliphatic hydroxyl groups excluding tert-OH is 1. The third-order valence-corrected chi connectivity index (χ3v) is 4.83. The largest absolute Gasteiger partial charge is 0.387 e. The summed E-state index contributed by atoms with van der Waals surface area (Å²) in [5.74, 6) is 0. The van der Waals surface area contributed by atoms with Crippen LogP contribution in [0.2, 0.25) is 0 Å². The molecule has 3 rings (SSSR count). The van der Waals surface area contributed by atoms with Crippen LogP contribution in [0.3, 0.4) is 0 Å². The van der Waals surface area contributed by atoms with Crippen LogP contribution < -0.4 is 5.43 Å². The van der Waals surface area contributed by atoms with E-state index in [9.17, 15) is 5.11 Å². The molecule has 2 atom stereocenters. The van der Waals surface area contributed by atoms with Crippen LogP contribution in [0.25, 0.3) is 0 Å². The van der Waals surface area contributed by atoms with Crippen molar-refractivity contribution in [1.29, 1.82) is 0 Å². The van der Waals surface area contributed by atoms with Crippen molar-refractivity contribution in [2.24, 2.45) is 0 Å². The van der Waals surface area contributed by atoms with Crippen LogP contribution in [0, 0.1) is 0 Å². The second-order valence-electron chi connectivity index (χ2n) is 6.53. The number of likely N-dealkylation sites (N-methyl/N-ethyl adjacent to an activating group) is 1. The lowest BCUT2D eigenvalue weighted by Gasteiger charge is -2.35. The lowest BCUT2D eigenvalue weighted by atomic mass is 9.99. The normalized spacial score (nSPS) is 23.0. The van der Waals surface area contributed by atoms with E-state index in [1.807, 2.05) is 0 Å². The molecule has 1 aliphatic heterocycles. The molecule has 0 radical (unpaired) electrons. The molecule has 1 aliphatic carbocycles. The van der Waals surface area contributed by atoms with Crippen LogP contribution >= 0.6 is 0 Å². The monoisotopic (exact) mass is 289 g/mol. The highest BCUT2D eigenvalue weighted by Gasteiger charge is 2.22. The van der Waals surface area contributed by atoms with E-state index in [1.165, 1.54) is 24.0 Å². The van der Waals surface area contributed by atoms with Crippen LogP contribution in [0.15, 0.2) is 18.2 Å². The van der Waals surface area contributed by atoms with Gasteiger partial charge in [0.1, 0.15) is 0 Å². The first-order valence-electron chi connectivity index (χ1n) is 8.13. The topological polar surface area (TPSA) is 38.7 Å². The predicted molar refractivity (Wildman–Crippen MR) is 85.1 cm³/mol. The van der Waals surface area contributed by atoms with Crippen molar-refractivity contribution in [2.45, 2.75) is 38.3 Å². The zero-order chi connectivity index (χ0) is 14.8. The van der Waals surface area contributed by atoms with Crippen LogP contribution in [-0.4, -0.2) is 54.3 Å². The average Bonchev–Trinajstić information content (AvgIpc) is 2.96. The third-order valence-electron chi connectivity index (χ3n) is 4.83. The first-order chi connectivity index (χ1) is 10.1. The number of hydrogen-bond donors (Lipinski definition) is 2. The summed E-state index contributed by atoms with van der Waals surface area (Å²) in [6, 6.07) is 6.53. The number of hydrogen-bond acceptors (Lipinski definition) is 4. The summed E-state index contributed by atoms with van der Waals surface area (Å²) in [4.78, 5) is 2.33. The van der Waals surface area contributed by atoms with E-state index in [0.29, 0.717) is 0 Å². The summed E-state index contributed by atoms with van der Waals surface area (Å²) >= 11 is 0. The smallest absolute Gasteiger partial charge is 0.0953 e. The minimum absolute atomic E-state index is 0.0351. The van der Waals surface area contributed by atoms with Gasteiger partial charge in [-0.3, -0.25) is 0 Å². The molecule has 4 nitrogen and oxygen atoms in total. The molecule has 0 aromatic heterocycles. The van der Waals surface area contributed by atoms with Gasteiger partial charge in [0.25, 0.3) is 0 Å². The number of fused-ring (bicyclic) bond motifs is 1. The minimum Gasteiger partial charge on any atom is -0.387 e. The number of benzene rings is 1. The van der Waals surface area contributed by atoms with E-state index >= 15 is 0 Å². The van der Waals surface area contributed by atoms with Gasteiger partial charge >= 0.3 is 0 Å². The van der Waals surface area contributed by atoms with Gasteiger partial charge in [-0.1, -0.05) is 18.2 Å². The molecule has 2 unspecified atom stereocenters. The zero-order valence-corrected chi connectivity index (χ0v) is 13.2. The van der Waals surface area contributed by atoms with Crippen LogP contribution in [0.5, 0.6) is 0 Å². The number of hydrazine groups is 1. The van der Waals surface area contributed by atoms with Crippen molar-refractivity contribution < 1.29 is 5.11 Å². The summed E-state index contributed by atoms with van der Waals surface area (Å²) < 4.78 is 0. The summed E-state index contributed by atoms with van der Waals surface area (Å²) in [5, 5.41) is 12.8. The van der Waals surface area contributed by atoms with Gasteiger partial charge in [0.05, 0.1) is 6.10 Å². The maximum Gasteiger partial charge on any atom is 0.0953 e. The van der Waals surface area contributed by atoms with Crippen LogP contribution in [0.1, 0.15) is 36.1 Å². The van der Waals surface area contributed by atoms with Gasteiger partial charge < -0.3 is 10.0 Å². The zero-order valence-electron chi connectivity index (χ0n) is 13.2. The summed E-state index contributed by atoms with van der Waals surface area (Å²) in [6.07, 6.45) is 3.16. The predicted octanol–water partition coefficient (Wildman–Crippen LogP) is 1.35. The maximum atomic E-state index is 10.6. The number of rotatable bonds is 4. The standard InChI is InChI=1S/C17H27N3O/c1-13(18-20-10-8-19(2)9-11-20)17(21)16-7-6-14-4-3-5-15(14)12-16/h6-7,12-13,17-18,21H,3-5,8-11H2,1-2H3. The van der Waals surface area contributed by atoms with E-state index in [0.717, 1.165) is 38.2 Å². The van der Waals surface area contributed by atoms with Gasteiger partial charge in [-0.15, -0.1) is 0 Å². The maximum absolute atomic E-state index is 10.6. The average molecular weight is 289 g/mol. The Morgan fingerprint density at radius 2 is 1.81 bits per heavy atom. The van der Waals surface area contributed by atoms with Crippen molar-refractivity contribution in [3.05, 3.63) is 34.9 Å². The molecule has 0 spiro atoms. The Kier molecular flexibility index (Phi) is 4.60. The lowest BCUT2D eigenvalue weighted by Crippen LogP contribution is -2.54. The van der Waals surface area contributed by atoms with Crippen LogP contribution in [0.4, 0.5) is 0 Å². The Morgan fingerprint density at radius 1 is 1.10 bits per heavy atom. The molecule has 1 heterocycles. The van der Waals surface area contributed by atoms with E-state index in [1.54, 1.807) is 0 Å². The van der Waals surface area contributed by atoms with E-state index in [2.05, 4.69) is 47.5 Å². The highest BCUT2D eigenvalue weighted by molar-refractivity contribution is 5.36. The lowest BCUT2D eigenvalue weighted by molar-refractivity contribution is 0.0438. The van der Waals surface area contributed by atoms with Gasteiger partial charge in [0.15, 0.2) is 0 Å². The molecular weight excluding hydrogens is 262 g/mol. The number of aryl methyl sites for hydroxylation is 2. The van der Waals surface area contributed by atoms with E-state index in [-0.39, 0.29) is 6.04 Å². The molecule has 1 aromatic rings.